The monoisotopic (exact) mass is 356 g/mol. The highest BCUT2D eigenvalue weighted by Crippen LogP contribution is 2.10. The first kappa shape index (κ1) is 16.6. The summed E-state index contributed by atoms with van der Waals surface area (Å²) in [6, 6.07) is 15.3. The standard InChI is InChI=1S/C20H16N6O/c27-20(10-7-16-12-22-18-3-1-2-4-19(18)25-16)23-11-15-5-8-17(9-6-15)26-14-21-13-24-26/h1-10,12-14H,11H2,(H,23,27). The van der Waals surface area contributed by atoms with E-state index in [1.807, 2.05) is 48.5 Å². The highest BCUT2D eigenvalue weighted by molar-refractivity contribution is 5.91. The molecule has 2 aromatic heterocycles. The molecule has 0 saturated heterocycles. The van der Waals surface area contributed by atoms with E-state index in [0.717, 1.165) is 22.3 Å². The maximum absolute atomic E-state index is 12.0. The van der Waals surface area contributed by atoms with Crippen LogP contribution in [0.25, 0.3) is 22.8 Å². The van der Waals surface area contributed by atoms with Crippen molar-refractivity contribution in [2.24, 2.45) is 0 Å². The summed E-state index contributed by atoms with van der Waals surface area (Å²) in [7, 11) is 0. The molecule has 1 amide bonds. The van der Waals surface area contributed by atoms with Gasteiger partial charge in [0.2, 0.25) is 5.91 Å². The van der Waals surface area contributed by atoms with E-state index < -0.39 is 0 Å². The zero-order valence-corrected chi connectivity index (χ0v) is 14.4. The third-order valence-corrected chi connectivity index (χ3v) is 3.96. The van der Waals surface area contributed by atoms with Crippen molar-refractivity contribution in [1.82, 2.24) is 30.0 Å². The van der Waals surface area contributed by atoms with Gasteiger partial charge in [-0.05, 0) is 35.9 Å². The van der Waals surface area contributed by atoms with E-state index in [2.05, 4.69) is 25.4 Å². The van der Waals surface area contributed by atoms with Gasteiger partial charge in [-0.2, -0.15) is 5.10 Å². The predicted octanol–water partition coefficient (Wildman–Crippen LogP) is 2.54. The lowest BCUT2D eigenvalue weighted by molar-refractivity contribution is -0.116. The number of hydrogen-bond acceptors (Lipinski definition) is 5. The Morgan fingerprint density at radius 1 is 1.07 bits per heavy atom. The molecule has 27 heavy (non-hydrogen) atoms. The van der Waals surface area contributed by atoms with Crippen LogP contribution < -0.4 is 5.32 Å². The Morgan fingerprint density at radius 2 is 1.89 bits per heavy atom. The van der Waals surface area contributed by atoms with E-state index in [0.29, 0.717) is 12.2 Å². The second-order valence-electron chi connectivity index (χ2n) is 5.84. The molecule has 0 saturated carbocycles. The number of rotatable bonds is 5. The van der Waals surface area contributed by atoms with Crippen LogP contribution in [0.4, 0.5) is 0 Å². The number of benzene rings is 2. The van der Waals surface area contributed by atoms with Crippen LogP contribution in [-0.2, 0) is 11.3 Å². The second-order valence-corrected chi connectivity index (χ2v) is 5.84. The fraction of sp³-hybridized carbons (Fsp3) is 0.0500. The molecule has 4 rings (SSSR count). The van der Waals surface area contributed by atoms with Gasteiger partial charge in [-0.3, -0.25) is 9.78 Å². The summed E-state index contributed by atoms with van der Waals surface area (Å²) in [5.74, 6) is -0.190. The molecule has 0 fully saturated rings. The minimum absolute atomic E-state index is 0.190. The van der Waals surface area contributed by atoms with Crippen LogP contribution in [0, 0.1) is 0 Å². The van der Waals surface area contributed by atoms with Gasteiger partial charge in [-0.15, -0.1) is 0 Å². The van der Waals surface area contributed by atoms with Gasteiger partial charge in [0, 0.05) is 12.6 Å². The zero-order chi connectivity index (χ0) is 18.5. The molecular formula is C20H16N6O. The summed E-state index contributed by atoms with van der Waals surface area (Å²) in [6.07, 6.45) is 7.89. The number of carbonyl (C=O) groups excluding carboxylic acids is 1. The van der Waals surface area contributed by atoms with Crippen molar-refractivity contribution in [3.8, 4) is 5.69 Å². The van der Waals surface area contributed by atoms with Crippen LogP contribution in [0.2, 0.25) is 0 Å². The summed E-state index contributed by atoms with van der Waals surface area (Å²) >= 11 is 0. The molecule has 2 heterocycles. The number of fused-ring (bicyclic) bond motifs is 1. The largest absolute Gasteiger partial charge is 0.348 e. The number of carbonyl (C=O) groups is 1. The number of amides is 1. The van der Waals surface area contributed by atoms with Crippen molar-refractivity contribution in [2.75, 3.05) is 0 Å². The minimum atomic E-state index is -0.190. The molecule has 4 aromatic rings. The highest BCUT2D eigenvalue weighted by atomic mass is 16.1. The Labute approximate surface area is 155 Å². The molecule has 2 aromatic carbocycles. The van der Waals surface area contributed by atoms with Crippen molar-refractivity contribution in [3.63, 3.8) is 0 Å². The molecular weight excluding hydrogens is 340 g/mol. The Balaban J connectivity index is 1.35. The second kappa shape index (κ2) is 7.57. The van der Waals surface area contributed by atoms with E-state index in [-0.39, 0.29) is 5.91 Å². The van der Waals surface area contributed by atoms with Crippen LogP contribution in [0.5, 0.6) is 0 Å². The van der Waals surface area contributed by atoms with E-state index in [1.54, 1.807) is 23.3 Å². The predicted molar refractivity (Wildman–Crippen MR) is 102 cm³/mol. The van der Waals surface area contributed by atoms with Gasteiger partial charge in [0.1, 0.15) is 12.7 Å². The topological polar surface area (TPSA) is 85.6 Å². The highest BCUT2D eigenvalue weighted by Gasteiger charge is 2.01. The number of aromatic nitrogens is 5. The van der Waals surface area contributed by atoms with E-state index in [4.69, 9.17) is 0 Å². The first-order valence-corrected chi connectivity index (χ1v) is 8.39. The first-order chi connectivity index (χ1) is 13.3. The zero-order valence-electron chi connectivity index (χ0n) is 14.4. The molecule has 132 valence electrons. The van der Waals surface area contributed by atoms with E-state index in [9.17, 15) is 4.79 Å². The van der Waals surface area contributed by atoms with Crippen LogP contribution in [-0.4, -0.2) is 30.6 Å². The van der Waals surface area contributed by atoms with Crippen molar-refractivity contribution < 1.29 is 4.79 Å². The van der Waals surface area contributed by atoms with Crippen LogP contribution >= 0.6 is 0 Å². The van der Waals surface area contributed by atoms with Gasteiger partial charge in [0.15, 0.2) is 0 Å². The molecule has 0 spiro atoms. The average molecular weight is 356 g/mol. The number of hydrogen-bond donors (Lipinski definition) is 1. The molecule has 0 unspecified atom stereocenters. The van der Waals surface area contributed by atoms with Gasteiger partial charge in [0.25, 0.3) is 0 Å². The van der Waals surface area contributed by atoms with Crippen molar-refractivity contribution in [1.29, 1.82) is 0 Å². The van der Waals surface area contributed by atoms with Crippen molar-refractivity contribution in [3.05, 3.63) is 84.7 Å². The van der Waals surface area contributed by atoms with Gasteiger partial charge >= 0.3 is 0 Å². The SMILES string of the molecule is O=C(C=Cc1cnc2ccccc2n1)NCc1ccc(-n2cncn2)cc1. The Morgan fingerprint density at radius 3 is 2.67 bits per heavy atom. The smallest absolute Gasteiger partial charge is 0.244 e. The fourth-order valence-corrected chi connectivity index (χ4v) is 2.57. The van der Waals surface area contributed by atoms with Crippen LogP contribution in [0.3, 0.4) is 0 Å². The Kier molecular flexibility index (Phi) is 4.65. The van der Waals surface area contributed by atoms with E-state index >= 15 is 0 Å². The van der Waals surface area contributed by atoms with Gasteiger partial charge in [-0.25, -0.2) is 14.6 Å². The van der Waals surface area contributed by atoms with Crippen molar-refractivity contribution >= 4 is 23.0 Å². The summed E-state index contributed by atoms with van der Waals surface area (Å²) in [4.78, 5) is 24.7. The molecule has 1 N–H and O–H groups in total. The Bertz CT molecular complexity index is 1090. The Hall–Kier alpha value is -3.87. The average Bonchev–Trinajstić information content (AvgIpc) is 3.26. The number of nitrogens with one attached hydrogen (secondary N) is 1. The van der Waals surface area contributed by atoms with Crippen molar-refractivity contribution in [2.45, 2.75) is 6.54 Å². The maximum Gasteiger partial charge on any atom is 0.244 e. The maximum atomic E-state index is 12.0. The summed E-state index contributed by atoms with van der Waals surface area (Å²) in [6.45, 7) is 0.435. The lowest BCUT2D eigenvalue weighted by Gasteiger charge is -2.05. The van der Waals surface area contributed by atoms with E-state index in [1.165, 1.54) is 12.4 Å². The molecule has 0 aliphatic heterocycles. The number of para-hydroxylation sites is 2. The lowest BCUT2D eigenvalue weighted by atomic mass is 10.2. The van der Waals surface area contributed by atoms with Gasteiger partial charge < -0.3 is 5.32 Å². The number of nitrogens with zero attached hydrogens (tertiary/aromatic N) is 5. The quantitative estimate of drug-likeness (QED) is 0.556. The van der Waals surface area contributed by atoms with Gasteiger partial charge in [-0.1, -0.05) is 24.3 Å². The van der Waals surface area contributed by atoms with Gasteiger partial charge in [0.05, 0.1) is 28.6 Å². The third kappa shape index (κ3) is 4.04. The molecule has 0 atom stereocenters. The summed E-state index contributed by atoms with van der Waals surface area (Å²) in [5, 5.41) is 6.93. The molecule has 0 aliphatic carbocycles. The fourth-order valence-electron chi connectivity index (χ4n) is 2.57. The first-order valence-electron chi connectivity index (χ1n) is 8.39. The normalized spacial score (nSPS) is 11.1. The molecule has 0 radical (unpaired) electrons. The molecule has 0 aliphatic rings. The molecule has 7 nitrogen and oxygen atoms in total. The third-order valence-electron chi connectivity index (χ3n) is 3.96. The van der Waals surface area contributed by atoms with Crippen LogP contribution in [0.1, 0.15) is 11.3 Å². The molecule has 7 heteroatoms. The minimum Gasteiger partial charge on any atom is -0.348 e. The summed E-state index contributed by atoms with van der Waals surface area (Å²) in [5.41, 5.74) is 4.17. The lowest BCUT2D eigenvalue weighted by Crippen LogP contribution is -2.20. The van der Waals surface area contributed by atoms with Crippen LogP contribution in [0.15, 0.2) is 73.5 Å². The molecule has 0 bridgehead atoms. The summed E-state index contributed by atoms with van der Waals surface area (Å²) < 4.78 is 1.68.